The number of nitrogens with one attached hydrogen (secondary N) is 2. The molecule has 1 fully saturated rings. The van der Waals surface area contributed by atoms with E-state index in [0.717, 1.165) is 47.6 Å². The third kappa shape index (κ3) is 3.05. The van der Waals surface area contributed by atoms with Gasteiger partial charge in [-0.3, -0.25) is 5.10 Å². The van der Waals surface area contributed by atoms with E-state index in [4.69, 9.17) is 9.97 Å². The van der Waals surface area contributed by atoms with Gasteiger partial charge in [-0.05, 0) is 55.4 Å². The first kappa shape index (κ1) is 16.7. The molecular formula is C23H22N6. The van der Waals surface area contributed by atoms with Crippen molar-refractivity contribution in [2.45, 2.75) is 43.9 Å². The van der Waals surface area contributed by atoms with Crippen molar-refractivity contribution in [2.24, 2.45) is 0 Å². The molecule has 1 atom stereocenters. The number of nitrogens with zero attached hydrogens (tertiary/aromatic N) is 4. The molecule has 2 aliphatic carbocycles. The van der Waals surface area contributed by atoms with Crippen LogP contribution >= 0.6 is 0 Å². The third-order valence-electron chi connectivity index (χ3n) is 6.00. The second-order valence-corrected chi connectivity index (χ2v) is 8.03. The molecule has 6 rings (SSSR count). The summed E-state index contributed by atoms with van der Waals surface area (Å²) in [5, 5.41) is 11.7. The molecule has 2 heterocycles. The van der Waals surface area contributed by atoms with Crippen molar-refractivity contribution in [3.8, 4) is 0 Å². The number of aromatic nitrogens is 5. The van der Waals surface area contributed by atoms with Gasteiger partial charge >= 0.3 is 0 Å². The van der Waals surface area contributed by atoms with Gasteiger partial charge in [0, 0.05) is 17.2 Å². The Hall–Kier alpha value is -3.28. The number of hydrogen-bond acceptors (Lipinski definition) is 5. The molecule has 1 unspecified atom stereocenters. The summed E-state index contributed by atoms with van der Waals surface area (Å²) in [7, 11) is 0. The lowest BCUT2D eigenvalue weighted by Gasteiger charge is -2.25. The van der Waals surface area contributed by atoms with E-state index < -0.39 is 0 Å². The fourth-order valence-corrected chi connectivity index (χ4v) is 4.34. The first-order chi connectivity index (χ1) is 14.3. The molecule has 0 bridgehead atoms. The summed E-state index contributed by atoms with van der Waals surface area (Å²) < 4.78 is 0. The van der Waals surface area contributed by atoms with E-state index in [1.54, 1.807) is 0 Å². The van der Waals surface area contributed by atoms with Crippen LogP contribution in [-0.2, 0) is 6.42 Å². The normalized spacial score (nSPS) is 18.6. The van der Waals surface area contributed by atoms with Gasteiger partial charge in [0.15, 0.2) is 0 Å². The van der Waals surface area contributed by atoms with Crippen LogP contribution in [0.4, 0.5) is 11.8 Å². The van der Waals surface area contributed by atoms with Crippen LogP contribution < -0.4 is 5.32 Å². The molecule has 29 heavy (non-hydrogen) atoms. The van der Waals surface area contributed by atoms with Gasteiger partial charge in [0.25, 0.3) is 0 Å². The van der Waals surface area contributed by atoms with Gasteiger partial charge in [-0.25, -0.2) is 9.97 Å². The molecule has 2 aromatic heterocycles. The van der Waals surface area contributed by atoms with Crippen LogP contribution in [0.5, 0.6) is 0 Å². The van der Waals surface area contributed by atoms with Crippen molar-refractivity contribution >= 4 is 22.7 Å². The van der Waals surface area contributed by atoms with Gasteiger partial charge < -0.3 is 5.32 Å². The molecule has 2 N–H and O–H groups in total. The summed E-state index contributed by atoms with van der Waals surface area (Å²) in [5.41, 5.74) is 3.72. The molecule has 1 saturated carbocycles. The average molecular weight is 382 g/mol. The predicted molar refractivity (Wildman–Crippen MR) is 112 cm³/mol. The van der Waals surface area contributed by atoms with E-state index in [2.05, 4.69) is 44.8 Å². The summed E-state index contributed by atoms with van der Waals surface area (Å²) >= 11 is 0. The van der Waals surface area contributed by atoms with E-state index in [9.17, 15) is 0 Å². The Balaban J connectivity index is 1.43. The van der Waals surface area contributed by atoms with Gasteiger partial charge in [0.05, 0.1) is 5.52 Å². The van der Waals surface area contributed by atoms with Crippen LogP contribution in [0.25, 0.3) is 10.9 Å². The number of H-pyrrole nitrogens is 1. The minimum absolute atomic E-state index is 0.222. The lowest BCUT2D eigenvalue weighted by atomic mass is 9.82. The van der Waals surface area contributed by atoms with Gasteiger partial charge in [-0.15, -0.1) is 5.10 Å². The van der Waals surface area contributed by atoms with Gasteiger partial charge in [0.2, 0.25) is 5.95 Å². The molecule has 0 radical (unpaired) electrons. The maximum atomic E-state index is 4.97. The van der Waals surface area contributed by atoms with Crippen molar-refractivity contribution in [3.63, 3.8) is 0 Å². The molecule has 6 nitrogen and oxygen atoms in total. The van der Waals surface area contributed by atoms with Gasteiger partial charge in [-0.1, -0.05) is 36.4 Å². The zero-order valence-electron chi connectivity index (χ0n) is 16.1. The molecule has 0 aliphatic heterocycles. The summed E-state index contributed by atoms with van der Waals surface area (Å²) in [6.45, 7) is 0. The Labute approximate surface area is 168 Å². The monoisotopic (exact) mass is 382 g/mol. The van der Waals surface area contributed by atoms with Crippen molar-refractivity contribution in [3.05, 3.63) is 71.3 Å². The van der Waals surface area contributed by atoms with Crippen LogP contribution in [0.1, 0.15) is 60.3 Å². The second-order valence-electron chi connectivity index (χ2n) is 8.03. The first-order valence-corrected chi connectivity index (χ1v) is 10.4. The highest BCUT2D eigenvalue weighted by Gasteiger charge is 2.28. The smallest absolute Gasteiger partial charge is 0.247 e. The first-order valence-electron chi connectivity index (χ1n) is 10.4. The van der Waals surface area contributed by atoms with Crippen molar-refractivity contribution < 1.29 is 0 Å². The Morgan fingerprint density at radius 3 is 2.69 bits per heavy atom. The summed E-state index contributed by atoms with van der Waals surface area (Å²) in [6.07, 6.45) is 5.74. The van der Waals surface area contributed by atoms with Crippen LogP contribution in [0, 0.1) is 0 Å². The highest BCUT2D eigenvalue weighted by molar-refractivity contribution is 5.90. The van der Waals surface area contributed by atoms with E-state index in [0.29, 0.717) is 11.9 Å². The predicted octanol–water partition coefficient (Wildman–Crippen LogP) is 4.84. The quantitative estimate of drug-likeness (QED) is 0.528. The van der Waals surface area contributed by atoms with Crippen molar-refractivity contribution in [2.75, 3.05) is 5.32 Å². The maximum absolute atomic E-state index is 4.97. The molecule has 0 saturated heterocycles. The maximum Gasteiger partial charge on any atom is 0.247 e. The highest BCUT2D eigenvalue weighted by atomic mass is 15.3. The number of aryl methyl sites for hydroxylation is 1. The topological polar surface area (TPSA) is 79.4 Å². The van der Waals surface area contributed by atoms with E-state index in [-0.39, 0.29) is 5.92 Å². The molecule has 0 spiro atoms. The minimum atomic E-state index is 0.222. The van der Waals surface area contributed by atoms with Crippen molar-refractivity contribution in [1.29, 1.82) is 0 Å². The lowest BCUT2D eigenvalue weighted by Crippen LogP contribution is -2.14. The van der Waals surface area contributed by atoms with Gasteiger partial charge in [-0.2, -0.15) is 4.98 Å². The molecule has 2 aliphatic rings. The van der Waals surface area contributed by atoms with Crippen LogP contribution in [0.2, 0.25) is 0 Å². The molecule has 6 heteroatoms. The number of rotatable bonds is 4. The van der Waals surface area contributed by atoms with E-state index in [1.165, 1.54) is 24.0 Å². The Kier molecular flexibility index (Phi) is 3.82. The summed E-state index contributed by atoms with van der Waals surface area (Å²) in [4.78, 5) is 14.5. The van der Waals surface area contributed by atoms with Crippen LogP contribution in [-0.4, -0.2) is 25.1 Å². The Morgan fingerprint density at radius 2 is 1.76 bits per heavy atom. The zero-order valence-corrected chi connectivity index (χ0v) is 16.1. The van der Waals surface area contributed by atoms with E-state index in [1.807, 2.05) is 24.3 Å². The average Bonchev–Trinajstić information content (AvgIpc) is 3.52. The SMILES string of the molecule is c1ccc2c(c1)CCCC2c1nc(Nc2n[nH]c(C3CC3)n2)c2ccccc2n1. The molecule has 4 aromatic rings. The summed E-state index contributed by atoms with van der Waals surface area (Å²) in [6, 6.07) is 16.8. The van der Waals surface area contributed by atoms with Crippen molar-refractivity contribution in [1.82, 2.24) is 25.1 Å². The lowest BCUT2D eigenvalue weighted by molar-refractivity contribution is 0.593. The van der Waals surface area contributed by atoms with Crippen LogP contribution in [0.15, 0.2) is 48.5 Å². The number of hydrogen-bond donors (Lipinski definition) is 2. The largest absolute Gasteiger partial charge is 0.307 e. The second kappa shape index (κ2) is 6.65. The fourth-order valence-electron chi connectivity index (χ4n) is 4.34. The number of benzene rings is 2. The minimum Gasteiger partial charge on any atom is -0.307 e. The zero-order chi connectivity index (χ0) is 19.2. The summed E-state index contributed by atoms with van der Waals surface area (Å²) in [5.74, 6) is 3.94. The number of fused-ring (bicyclic) bond motifs is 2. The Bertz CT molecular complexity index is 1190. The third-order valence-corrected chi connectivity index (χ3v) is 6.00. The standard InChI is InChI=1S/C23H22N6/c1-2-8-16-14(6-1)7-5-10-17(16)21-24-19-11-4-3-9-18(19)22(25-21)27-23-26-20(28-29-23)15-12-13-15/h1-4,6,8-9,11,15,17H,5,7,10,12-13H2,(H2,24,25,26,27,28,29). The molecule has 0 amide bonds. The van der Waals surface area contributed by atoms with E-state index >= 15 is 0 Å². The molecule has 2 aromatic carbocycles. The molecular weight excluding hydrogens is 360 g/mol. The highest BCUT2D eigenvalue weighted by Crippen LogP contribution is 2.39. The number of para-hydroxylation sites is 1. The Morgan fingerprint density at radius 1 is 0.897 bits per heavy atom. The fraction of sp³-hybridized carbons (Fsp3) is 0.304. The number of anilines is 2. The molecule has 144 valence electrons. The number of aromatic amines is 1. The van der Waals surface area contributed by atoms with Crippen LogP contribution in [0.3, 0.4) is 0 Å². The van der Waals surface area contributed by atoms with Gasteiger partial charge in [0.1, 0.15) is 17.5 Å².